The molecule has 1 saturated carbocycles. The zero-order valence-electron chi connectivity index (χ0n) is 15.3. The van der Waals surface area contributed by atoms with Gasteiger partial charge in [-0.2, -0.15) is 5.10 Å². The summed E-state index contributed by atoms with van der Waals surface area (Å²) >= 11 is 0. The molecule has 2 atom stereocenters. The summed E-state index contributed by atoms with van der Waals surface area (Å²) in [7, 11) is 1.69. The maximum absolute atomic E-state index is 5.55. The van der Waals surface area contributed by atoms with E-state index in [-0.39, 0.29) is 0 Å². The number of aromatic amines is 1. The molecule has 0 amide bonds. The first kappa shape index (κ1) is 16.4. The Hall–Kier alpha value is -1.76. The molecule has 0 radical (unpaired) electrons. The van der Waals surface area contributed by atoms with Crippen molar-refractivity contribution in [1.29, 1.82) is 0 Å². The van der Waals surface area contributed by atoms with Gasteiger partial charge in [0.1, 0.15) is 6.61 Å². The smallest absolute Gasteiger partial charge is 0.155 e. The highest BCUT2D eigenvalue weighted by molar-refractivity contribution is 5.33. The summed E-state index contributed by atoms with van der Waals surface area (Å²) in [4.78, 5) is 7.28. The van der Waals surface area contributed by atoms with Crippen LogP contribution in [-0.4, -0.2) is 40.3 Å². The molecule has 0 spiro atoms. The minimum absolute atomic E-state index is 0.433. The Bertz CT molecular complexity index is 786. The fourth-order valence-electron chi connectivity index (χ4n) is 4.58. The molecular formula is C20H26N4O2. The lowest BCUT2D eigenvalue weighted by atomic mass is 9.91. The average molecular weight is 354 g/mol. The summed E-state index contributed by atoms with van der Waals surface area (Å²) in [6, 6.07) is 6.82. The molecule has 1 saturated heterocycles. The maximum atomic E-state index is 5.55. The van der Waals surface area contributed by atoms with Gasteiger partial charge in [-0.15, -0.1) is 0 Å². The van der Waals surface area contributed by atoms with E-state index in [2.05, 4.69) is 33.3 Å². The van der Waals surface area contributed by atoms with Crippen molar-refractivity contribution in [3.8, 4) is 0 Å². The van der Waals surface area contributed by atoms with Crippen molar-refractivity contribution in [3.63, 3.8) is 0 Å². The lowest BCUT2D eigenvalue weighted by Crippen LogP contribution is -2.20. The van der Waals surface area contributed by atoms with Crippen molar-refractivity contribution >= 4 is 0 Å². The Morgan fingerprint density at radius 1 is 1.23 bits per heavy atom. The van der Waals surface area contributed by atoms with Crippen LogP contribution in [0.3, 0.4) is 0 Å². The van der Waals surface area contributed by atoms with E-state index in [9.17, 15) is 0 Å². The Balaban J connectivity index is 1.31. The van der Waals surface area contributed by atoms with Gasteiger partial charge in [0.2, 0.25) is 0 Å². The second-order valence-electron chi connectivity index (χ2n) is 7.97. The van der Waals surface area contributed by atoms with Gasteiger partial charge in [-0.05, 0) is 41.4 Å². The Labute approximate surface area is 153 Å². The van der Waals surface area contributed by atoms with Crippen molar-refractivity contribution in [2.24, 2.45) is 11.8 Å². The first-order valence-electron chi connectivity index (χ1n) is 9.61. The van der Waals surface area contributed by atoms with Crippen LogP contribution in [0.15, 0.2) is 18.2 Å². The minimum atomic E-state index is 0.433. The number of H-pyrrole nitrogens is 1. The highest BCUT2D eigenvalue weighted by atomic mass is 16.5. The highest BCUT2D eigenvalue weighted by Gasteiger charge is 2.44. The van der Waals surface area contributed by atoms with Crippen molar-refractivity contribution in [3.05, 3.63) is 46.5 Å². The number of aromatic nitrogens is 3. The predicted molar refractivity (Wildman–Crippen MR) is 96.3 cm³/mol. The fourth-order valence-corrected chi connectivity index (χ4v) is 4.58. The minimum Gasteiger partial charge on any atom is -0.377 e. The number of nitrogens with zero attached hydrogens (tertiary/aromatic N) is 3. The molecule has 2 fully saturated rings. The Kier molecular flexibility index (Phi) is 4.27. The van der Waals surface area contributed by atoms with E-state index in [1.165, 1.54) is 29.5 Å². The van der Waals surface area contributed by atoms with Crippen LogP contribution < -0.4 is 0 Å². The van der Waals surface area contributed by atoms with E-state index < -0.39 is 0 Å². The second kappa shape index (κ2) is 6.76. The summed E-state index contributed by atoms with van der Waals surface area (Å²) in [6.45, 7) is 5.21. The number of methoxy groups -OCH3 is 1. The maximum Gasteiger partial charge on any atom is 0.155 e. The summed E-state index contributed by atoms with van der Waals surface area (Å²) in [5, 5.41) is 7.54. The molecule has 26 heavy (non-hydrogen) atoms. The molecule has 5 rings (SSSR count). The number of fused-ring (bicyclic) bond motifs is 1. The number of likely N-dealkylation sites (tertiary alicyclic amines) is 1. The average Bonchev–Trinajstić information content (AvgIpc) is 3.05. The van der Waals surface area contributed by atoms with E-state index >= 15 is 0 Å². The fraction of sp³-hybridized carbons (Fsp3) is 0.600. The third-order valence-corrected chi connectivity index (χ3v) is 6.02. The number of benzene rings is 1. The van der Waals surface area contributed by atoms with Crippen LogP contribution in [0.4, 0.5) is 0 Å². The lowest BCUT2D eigenvalue weighted by molar-refractivity contribution is 0.134. The largest absolute Gasteiger partial charge is 0.377 e. The van der Waals surface area contributed by atoms with Crippen LogP contribution in [0, 0.1) is 11.8 Å². The van der Waals surface area contributed by atoms with Gasteiger partial charge in [0.15, 0.2) is 11.6 Å². The lowest BCUT2D eigenvalue weighted by Gasteiger charge is -2.16. The summed E-state index contributed by atoms with van der Waals surface area (Å²) in [6.07, 6.45) is 2.72. The van der Waals surface area contributed by atoms with E-state index in [1.54, 1.807) is 7.11 Å². The Morgan fingerprint density at radius 3 is 2.96 bits per heavy atom. The van der Waals surface area contributed by atoms with Crippen LogP contribution in [-0.2, 0) is 35.8 Å². The van der Waals surface area contributed by atoms with Crippen LogP contribution in [0.25, 0.3) is 0 Å². The van der Waals surface area contributed by atoms with Crippen molar-refractivity contribution in [1.82, 2.24) is 20.1 Å². The van der Waals surface area contributed by atoms with Crippen molar-refractivity contribution < 1.29 is 9.47 Å². The summed E-state index contributed by atoms with van der Waals surface area (Å²) in [5.74, 6) is 3.76. The number of nitrogens with one attached hydrogen (secondary N) is 1. The predicted octanol–water partition coefficient (Wildman–Crippen LogP) is 2.61. The Morgan fingerprint density at radius 2 is 2.12 bits per heavy atom. The first-order chi connectivity index (χ1) is 12.8. The molecule has 6 heteroatoms. The molecule has 2 aromatic rings. The molecule has 1 N–H and O–H groups in total. The summed E-state index contributed by atoms with van der Waals surface area (Å²) in [5.41, 5.74) is 4.09. The number of hydrogen-bond donors (Lipinski definition) is 1. The highest BCUT2D eigenvalue weighted by Crippen LogP contribution is 2.47. The van der Waals surface area contributed by atoms with Crippen molar-refractivity contribution in [2.75, 3.05) is 20.2 Å². The molecular weight excluding hydrogens is 328 g/mol. The standard InChI is InChI=1S/C20H26N4O2/c1-25-12-19-21-20(23-22-19)18-9-24(8-17(18)14-4-5-14)7-13-2-3-15-10-26-11-16(15)6-13/h2-3,6,14,17-18H,4-5,7-12H2,1H3,(H,21,22,23)/t17-,18+/m1/s1. The third-order valence-electron chi connectivity index (χ3n) is 6.02. The second-order valence-corrected chi connectivity index (χ2v) is 7.97. The van der Waals surface area contributed by atoms with Crippen LogP contribution in [0.5, 0.6) is 0 Å². The van der Waals surface area contributed by atoms with Gasteiger partial charge in [0, 0.05) is 32.7 Å². The molecule has 2 aliphatic heterocycles. The molecule has 1 aromatic heterocycles. The van der Waals surface area contributed by atoms with Gasteiger partial charge in [0.05, 0.1) is 13.2 Å². The number of hydrogen-bond acceptors (Lipinski definition) is 5. The van der Waals surface area contributed by atoms with Crippen LogP contribution in [0.2, 0.25) is 0 Å². The van der Waals surface area contributed by atoms with Crippen LogP contribution in [0.1, 0.15) is 47.1 Å². The molecule has 0 unspecified atom stereocenters. The zero-order chi connectivity index (χ0) is 17.5. The van der Waals surface area contributed by atoms with Gasteiger partial charge in [0.25, 0.3) is 0 Å². The van der Waals surface area contributed by atoms with E-state index in [0.29, 0.717) is 18.4 Å². The van der Waals surface area contributed by atoms with Gasteiger partial charge in [-0.1, -0.05) is 18.2 Å². The molecule has 138 valence electrons. The quantitative estimate of drug-likeness (QED) is 0.864. The van der Waals surface area contributed by atoms with Gasteiger partial charge in [-0.25, -0.2) is 4.98 Å². The van der Waals surface area contributed by atoms with E-state index in [0.717, 1.165) is 50.4 Å². The van der Waals surface area contributed by atoms with Gasteiger partial charge in [-0.3, -0.25) is 10.00 Å². The van der Waals surface area contributed by atoms with Crippen molar-refractivity contribution in [2.45, 2.75) is 45.1 Å². The first-order valence-corrected chi connectivity index (χ1v) is 9.61. The molecule has 3 heterocycles. The number of ether oxygens (including phenoxy) is 2. The molecule has 1 aliphatic carbocycles. The van der Waals surface area contributed by atoms with E-state index in [4.69, 9.17) is 14.5 Å². The monoisotopic (exact) mass is 354 g/mol. The SMILES string of the molecule is COCc1nc([C@H]2CN(Cc3ccc4c(c3)COC4)C[C@@H]2C2CC2)n[nH]1. The third kappa shape index (κ3) is 3.17. The topological polar surface area (TPSA) is 63.3 Å². The molecule has 6 nitrogen and oxygen atoms in total. The molecule has 3 aliphatic rings. The van der Waals surface area contributed by atoms with Gasteiger partial charge < -0.3 is 9.47 Å². The zero-order valence-corrected chi connectivity index (χ0v) is 15.3. The molecule has 0 bridgehead atoms. The summed E-state index contributed by atoms with van der Waals surface area (Å²) < 4.78 is 10.7. The molecule has 1 aromatic carbocycles. The van der Waals surface area contributed by atoms with Crippen LogP contribution >= 0.6 is 0 Å². The normalized spacial score (nSPS) is 25.7. The van der Waals surface area contributed by atoms with E-state index in [1.807, 2.05) is 0 Å². The number of rotatable bonds is 6. The van der Waals surface area contributed by atoms with Gasteiger partial charge >= 0.3 is 0 Å².